The van der Waals surface area contributed by atoms with Crippen LogP contribution in [0.1, 0.15) is 17.5 Å². The minimum atomic E-state index is -0.0463. The van der Waals surface area contributed by atoms with Gasteiger partial charge in [-0.2, -0.15) is 0 Å². The Morgan fingerprint density at radius 2 is 1.77 bits per heavy atom. The molecule has 0 unspecified atom stereocenters. The van der Waals surface area contributed by atoms with Crippen LogP contribution in [0.2, 0.25) is 0 Å². The van der Waals surface area contributed by atoms with Gasteiger partial charge in [0.1, 0.15) is 5.75 Å². The summed E-state index contributed by atoms with van der Waals surface area (Å²) in [5.41, 5.74) is 1.87. The summed E-state index contributed by atoms with van der Waals surface area (Å²) in [6.45, 7) is 0.444. The van der Waals surface area contributed by atoms with Gasteiger partial charge in [0.2, 0.25) is 11.7 Å². The van der Waals surface area contributed by atoms with E-state index in [9.17, 15) is 4.79 Å². The van der Waals surface area contributed by atoms with Crippen LogP contribution in [-0.4, -0.2) is 32.2 Å². The molecule has 1 aromatic heterocycles. The normalized spacial score (nSPS) is 10.4. The van der Waals surface area contributed by atoms with Gasteiger partial charge in [-0.3, -0.25) is 4.79 Å². The molecule has 2 aromatic carbocycles. The van der Waals surface area contributed by atoms with Crippen molar-refractivity contribution in [3.8, 4) is 28.2 Å². The predicted octanol–water partition coefficient (Wildman–Crippen LogP) is 4.21. The van der Waals surface area contributed by atoms with Crippen LogP contribution < -0.4 is 24.3 Å². The van der Waals surface area contributed by atoms with Crippen LogP contribution in [0.3, 0.4) is 0 Å². The number of nitrogens with zero attached hydrogens (tertiary/aromatic N) is 1. The summed E-state index contributed by atoms with van der Waals surface area (Å²) in [5, 5.41) is 5.39. The van der Waals surface area contributed by atoms with Crippen molar-refractivity contribution in [1.29, 1.82) is 0 Å². The van der Waals surface area contributed by atoms with Gasteiger partial charge >= 0.3 is 0 Å². The standard InChI is InChI=1S/C22H24N2O5S/c1-26-18-10-6-16(20(27-2)21(18)28-3)7-11-19(25)24-14-15-4-8-17(9-5-15)29-22-23-12-13-30-22/h4-6,8-10,12-13H,7,11,14H2,1-3H3,(H,24,25). The molecular formula is C22H24N2O5S. The lowest BCUT2D eigenvalue weighted by Crippen LogP contribution is -2.23. The molecule has 0 radical (unpaired) electrons. The highest BCUT2D eigenvalue weighted by atomic mass is 32.1. The highest BCUT2D eigenvalue weighted by molar-refractivity contribution is 7.11. The monoisotopic (exact) mass is 428 g/mol. The number of hydrogen-bond donors (Lipinski definition) is 1. The third-order valence-electron chi connectivity index (χ3n) is 4.43. The number of methoxy groups -OCH3 is 3. The molecule has 0 aliphatic heterocycles. The zero-order chi connectivity index (χ0) is 21.3. The molecule has 0 fully saturated rings. The van der Waals surface area contributed by atoms with E-state index in [0.29, 0.717) is 47.6 Å². The Morgan fingerprint density at radius 1 is 1.00 bits per heavy atom. The molecule has 3 rings (SSSR count). The first kappa shape index (κ1) is 21.4. The maximum Gasteiger partial charge on any atom is 0.278 e. The molecule has 1 N–H and O–H groups in total. The van der Waals surface area contributed by atoms with Crippen LogP contribution in [-0.2, 0) is 17.8 Å². The van der Waals surface area contributed by atoms with E-state index in [2.05, 4.69) is 10.3 Å². The van der Waals surface area contributed by atoms with E-state index in [4.69, 9.17) is 18.9 Å². The minimum Gasteiger partial charge on any atom is -0.493 e. The van der Waals surface area contributed by atoms with Crippen molar-refractivity contribution in [2.75, 3.05) is 21.3 Å². The number of carbonyl (C=O) groups excluding carboxylic acids is 1. The molecule has 0 aliphatic rings. The first-order valence-electron chi connectivity index (χ1n) is 9.35. The molecule has 0 spiro atoms. The van der Waals surface area contributed by atoms with E-state index in [1.54, 1.807) is 27.5 Å². The maximum absolute atomic E-state index is 12.3. The van der Waals surface area contributed by atoms with Crippen molar-refractivity contribution in [3.63, 3.8) is 0 Å². The zero-order valence-electron chi connectivity index (χ0n) is 17.1. The number of ether oxygens (including phenoxy) is 4. The van der Waals surface area contributed by atoms with Gasteiger partial charge in [-0.05, 0) is 35.7 Å². The van der Waals surface area contributed by atoms with Gasteiger partial charge in [0.25, 0.3) is 5.19 Å². The highest BCUT2D eigenvalue weighted by Gasteiger charge is 2.16. The molecule has 1 amide bonds. The molecule has 0 saturated heterocycles. The Bertz CT molecular complexity index is 958. The van der Waals surface area contributed by atoms with Crippen LogP contribution in [0, 0.1) is 0 Å². The van der Waals surface area contributed by atoms with Gasteiger partial charge < -0.3 is 24.3 Å². The van der Waals surface area contributed by atoms with Crippen molar-refractivity contribution in [2.45, 2.75) is 19.4 Å². The first-order chi connectivity index (χ1) is 14.6. The second-order valence-electron chi connectivity index (χ2n) is 6.31. The fourth-order valence-electron chi connectivity index (χ4n) is 2.93. The zero-order valence-corrected chi connectivity index (χ0v) is 18.0. The predicted molar refractivity (Wildman–Crippen MR) is 115 cm³/mol. The Labute approximate surface area is 179 Å². The number of amides is 1. The summed E-state index contributed by atoms with van der Waals surface area (Å²) in [6.07, 6.45) is 2.55. The number of hydrogen-bond acceptors (Lipinski definition) is 7. The van der Waals surface area contributed by atoms with Gasteiger partial charge in [-0.25, -0.2) is 4.98 Å². The Kier molecular flexibility index (Phi) is 7.51. The average molecular weight is 429 g/mol. The van der Waals surface area contributed by atoms with Crippen LogP contribution in [0.25, 0.3) is 0 Å². The Morgan fingerprint density at radius 3 is 2.40 bits per heavy atom. The van der Waals surface area contributed by atoms with Crippen LogP contribution in [0.4, 0.5) is 0 Å². The number of nitrogens with one attached hydrogen (secondary N) is 1. The van der Waals surface area contributed by atoms with Crippen molar-refractivity contribution in [2.24, 2.45) is 0 Å². The molecule has 7 nitrogen and oxygen atoms in total. The van der Waals surface area contributed by atoms with Gasteiger partial charge in [0.05, 0.1) is 21.3 Å². The summed E-state index contributed by atoms with van der Waals surface area (Å²) in [6, 6.07) is 11.2. The quantitative estimate of drug-likeness (QED) is 0.521. The molecule has 158 valence electrons. The molecule has 0 aliphatic carbocycles. The van der Waals surface area contributed by atoms with E-state index < -0.39 is 0 Å². The fraction of sp³-hybridized carbons (Fsp3) is 0.273. The van der Waals surface area contributed by atoms with Gasteiger partial charge in [0.15, 0.2) is 11.5 Å². The number of aryl methyl sites for hydroxylation is 1. The summed E-state index contributed by atoms with van der Waals surface area (Å²) in [5.74, 6) is 2.36. The van der Waals surface area contributed by atoms with Crippen LogP contribution >= 0.6 is 11.3 Å². The minimum absolute atomic E-state index is 0.0463. The number of carbonyl (C=O) groups is 1. The number of aromatic nitrogens is 1. The number of thiazole rings is 1. The third-order valence-corrected chi connectivity index (χ3v) is 5.08. The van der Waals surface area contributed by atoms with E-state index in [1.165, 1.54) is 11.3 Å². The van der Waals surface area contributed by atoms with Crippen LogP contribution in [0.15, 0.2) is 48.0 Å². The molecule has 3 aromatic rings. The summed E-state index contributed by atoms with van der Waals surface area (Å²) < 4.78 is 21.8. The van der Waals surface area contributed by atoms with Gasteiger partial charge in [-0.15, -0.1) is 0 Å². The largest absolute Gasteiger partial charge is 0.493 e. The first-order valence-corrected chi connectivity index (χ1v) is 10.2. The smallest absolute Gasteiger partial charge is 0.278 e. The Hall–Kier alpha value is -3.26. The van der Waals surface area contributed by atoms with Crippen molar-refractivity contribution >= 4 is 17.2 Å². The molecule has 30 heavy (non-hydrogen) atoms. The topological polar surface area (TPSA) is 78.9 Å². The molecular weight excluding hydrogens is 404 g/mol. The Balaban J connectivity index is 1.51. The molecule has 0 bridgehead atoms. The molecule has 0 atom stereocenters. The number of benzene rings is 2. The summed E-state index contributed by atoms with van der Waals surface area (Å²) in [7, 11) is 4.70. The lowest BCUT2D eigenvalue weighted by molar-refractivity contribution is -0.121. The van der Waals surface area contributed by atoms with E-state index in [0.717, 1.165) is 11.1 Å². The van der Waals surface area contributed by atoms with Crippen molar-refractivity contribution in [1.82, 2.24) is 10.3 Å². The van der Waals surface area contributed by atoms with Crippen molar-refractivity contribution < 1.29 is 23.7 Å². The maximum atomic E-state index is 12.3. The summed E-state index contributed by atoms with van der Waals surface area (Å²) in [4.78, 5) is 16.4. The van der Waals surface area contributed by atoms with Crippen molar-refractivity contribution in [3.05, 3.63) is 59.1 Å². The third kappa shape index (κ3) is 5.42. The van der Waals surface area contributed by atoms with Gasteiger partial charge in [0, 0.05) is 24.5 Å². The lowest BCUT2D eigenvalue weighted by Gasteiger charge is -2.15. The average Bonchev–Trinajstić information content (AvgIpc) is 3.29. The second-order valence-corrected chi connectivity index (χ2v) is 7.17. The highest BCUT2D eigenvalue weighted by Crippen LogP contribution is 2.40. The fourth-order valence-corrected chi connectivity index (χ4v) is 3.44. The number of rotatable bonds is 10. The lowest BCUT2D eigenvalue weighted by atomic mass is 10.1. The van der Waals surface area contributed by atoms with Crippen LogP contribution in [0.5, 0.6) is 28.2 Å². The van der Waals surface area contributed by atoms with E-state index >= 15 is 0 Å². The van der Waals surface area contributed by atoms with E-state index in [-0.39, 0.29) is 5.91 Å². The molecule has 0 saturated carbocycles. The second kappa shape index (κ2) is 10.5. The van der Waals surface area contributed by atoms with Gasteiger partial charge in [-0.1, -0.05) is 29.5 Å². The summed E-state index contributed by atoms with van der Waals surface area (Å²) >= 11 is 1.43. The molecule has 1 heterocycles. The SMILES string of the molecule is COc1ccc(CCC(=O)NCc2ccc(Oc3nccs3)cc2)c(OC)c1OC. The molecule has 8 heteroatoms. The van der Waals surface area contributed by atoms with E-state index in [1.807, 2.05) is 41.8 Å².